The van der Waals surface area contributed by atoms with Gasteiger partial charge in [0.15, 0.2) is 0 Å². The number of carbonyl (C=O) groups is 6. The van der Waals surface area contributed by atoms with Crippen LogP contribution in [0.1, 0.15) is 122 Å². The van der Waals surface area contributed by atoms with Gasteiger partial charge >= 0.3 is 5.51 Å². The van der Waals surface area contributed by atoms with Crippen molar-refractivity contribution in [3.8, 4) is 0 Å². The lowest BCUT2D eigenvalue weighted by Crippen LogP contribution is -2.66. The Morgan fingerprint density at radius 2 is 1.43 bits per heavy atom. The fraction of sp³-hybridized carbons (Fsp3) is 0.508. The molecular weight excluding hydrogens is 1260 g/mol. The van der Waals surface area contributed by atoms with Crippen LogP contribution in [0.4, 0.5) is 39.0 Å². The highest BCUT2D eigenvalue weighted by molar-refractivity contribution is 7.99. The summed E-state index contributed by atoms with van der Waals surface area (Å²) in [5.41, 5.74) is -3.33. The monoisotopic (exact) mass is 1330 g/mol. The standard InChI is InChI=1S/C65H76F5N9O10S3/c1-62(2)24-22-43(49(36-62)63-39-64(40-63,41-63)61(66)67)37-77-31-33-78(34-32-77)45-16-14-42(15-17-45)57(82)74-92(88,89)47-18-19-50(53(35-47)91(86,87)65(68,69)70)71-44(38-90-46-9-4-3-5-10-46)23-26-76-29-27-75(28-30-76)25-7-6-13-54(80)72-51-12-8-11-48-56(51)60(85)79(59(48)84)52-20-21-55(81)73-58(52)83/h3-5,8-12,14-19,35,44,52,61,71H,6-7,13,20-34,36-41H2,1-2H3,(H,72,80)(H,74,82)(H,73,81,83)/t44-,52?,63?,64?/m1/s1. The van der Waals surface area contributed by atoms with Crippen molar-refractivity contribution in [3.63, 3.8) is 0 Å². The smallest absolute Gasteiger partial charge is 0.380 e. The summed E-state index contributed by atoms with van der Waals surface area (Å²) in [5, 5.41) is 7.93. The second-order valence-electron chi connectivity index (χ2n) is 26.4. The van der Waals surface area contributed by atoms with Gasteiger partial charge < -0.3 is 25.3 Å². The third-order valence-electron chi connectivity index (χ3n) is 19.4. The lowest BCUT2D eigenvalue weighted by Gasteiger charge is -2.72. The Hall–Kier alpha value is -6.78. The molecule has 8 aliphatic rings. The Bertz CT molecular complexity index is 3760. The van der Waals surface area contributed by atoms with Crippen molar-refractivity contribution >= 4 is 84.1 Å². The molecular formula is C65H76F5N9O10S3. The zero-order chi connectivity index (χ0) is 65.5. The van der Waals surface area contributed by atoms with Crippen LogP contribution >= 0.6 is 11.8 Å². The average Bonchev–Trinajstić information content (AvgIpc) is 0.776. The van der Waals surface area contributed by atoms with E-state index in [2.05, 4.69) is 49.4 Å². The van der Waals surface area contributed by atoms with E-state index in [9.17, 15) is 67.6 Å². The summed E-state index contributed by atoms with van der Waals surface area (Å²) in [5.74, 6) is -3.82. The highest BCUT2D eigenvalue weighted by atomic mass is 32.2. The van der Waals surface area contributed by atoms with E-state index in [0.29, 0.717) is 96.9 Å². The van der Waals surface area contributed by atoms with Gasteiger partial charge in [-0.05, 0) is 148 Å². The number of allylic oxidation sites excluding steroid dienone is 1. The van der Waals surface area contributed by atoms with E-state index in [-0.39, 0.29) is 64.1 Å². The van der Waals surface area contributed by atoms with Crippen LogP contribution in [0.15, 0.2) is 117 Å². The number of hydrogen-bond acceptors (Lipinski definition) is 16. The molecule has 4 aliphatic heterocycles. The number of imide groups is 2. The molecule has 0 aromatic heterocycles. The molecule has 6 amide bonds. The first-order valence-electron chi connectivity index (χ1n) is 31.3. The van der Waals surface area contributed by atoms with Gasteiger partial charge in [-0.1, -0.05) is 49.3 Å². The van der Waals surface area contributed by atoms with Crippen LogP contribution in [-0.4, -0.2) is 174 Å². The Labute approximate surface area is 536 Å². The summed E-state index contributed by atoms with van der Waals surface area (Å²) in [4.78, 5) is 86.1. The number of nitrogens with zero attached hydrogens (tertiary/aromatic N) is 5. The number of thioether (sulfide) groups is 1. The minimum absolute atomic E-state index is 0.00505. The Balaban J connectivity index is 0.671. The highest BCUT2D eigenvalue weighted by Crippen LogP contribution is 2.79. The fourth-order valence-corrected chi connectivity index (χ4v) is 17.3. The third kappa shape index (κ3) is 14.2. The molecule has 4 aromatic carbocycles. The number of sulfonamides is 1. The predicted molar refractivity (Wildman–Crippen MR) is 336 cm³/mol. The van der Waals surface area contributed by atoms with Gasteiger partial charge in [-0.25, -0.2) is 30.3 Å². The van der Waals surface area contributed by atoms with Gasteiger partial charge in [-0.2, -0.15) is 13.2 Å². The molecule has 2 atom stereocenters. The lowest BCUT2D eigenvalue weighted by atomic mass is 9.32. The van der Waals surface area contributed by atoms with Crippen LogP contribution < -0.4 is 25.6 Å². The van der Waals surface area contributed by atoms with E-state index in [1.165, 1.54) is 53.2 Å². The number of fused-ring (bicyclic) bond motifs is 1. The largest absolute Gasteiger partial charge is 0.501 e. The number of rotatable bonds is 24. The number of halogens is 5. The normalized spacial score (nSPS) is 23.4. The number of piperazine rings is 2. The summed E-state index contributed by atoms with van der Waals surface area (Å²) in [7, 11) is -11.1. The molecule has 3 saturated carbocycles. The maximum atomic E-state index is 14.5. The molecule has 19 nitrogen and oxygen atoms in total. The molecule has 6 fully saturated rings. The zero-order valence-corrected chi connectivity index (χ0v) is 53.7. The topological polar surface area (TPSA) is 235 Å². The number of sulfone groups is 1. The van der Waals surface area contributed by atoms with Crippen LogP contribution in [-0.2, 0) is 34.2 Å². The second-order valence-corrected chi connectivity index (χ2v) is 31.1. The van der Waals surface area contributed by atoms with E-state index >= 15 is 0 Å². The number of unbranched alkanes of at least 4 members (excludes halogenated alkanes) is 1. The van der Waals surface area contributed by atoms with Crippen molar-refractivity contribution in [2.24, 2.45) is 16.2 Å². The van der Waals surface area contributed by atoms with E-state index in [0.717, 1.165) is 66.5 Å². The molecule has 4 N–H and O–H groups in total. The minimum Gasteiger partial charge on any atom is -0.380 e. The molecule has 1 unspecified atom stereocenters. The summed E-state index contributed by atoms with van der Waals surface area (Å²) in [6.45, 7) is 11.9. The number of piperidine rings is 1. The number of hydrogen-bond donors (Lipinski definition) is 4. The van der Waals surface area contributed by atoms with Gasteiger partial charge in [-0.3, -0.25) is 43.9 Å². The Morgan fingerprint density at radius 3 is 2.10 bits per heavy atom. The first kappa shape index (κ1) is 66.7. The van der Waals surface area contributed by atoms with Crippen LogP contribution in [0.25, 0.3) is 0 Å². The van der Waals surface area contributed by atoms with Gasteiger partial charge in [0.05, 0.1) is 27.4 Å². The molecule has 92 heavy (non-hydrogen) atoms. The van der Waals surface area contributed by atoms with Gasteiger partial charge in [0.2, 0.25) is 24.1 Å². The van der Waals surface area contributed by atoms with Crippen molar-refractivity contribution in [2.45, 2.75) is 130 Å². The number of alkyl halides is 5. The van der Waals surface area contributed by atoms with Gasteiger partial charge in [-0.15, -0.1) is 11.8 Å². The van der Waals surface area contributed by atoms with Crippen LogP contribution in [0.3, 0.4) is 0 Å². The molecule has 4 heterocycles. The van der Waals surface area contributed by atoms with Crippen molar-refractivity contribution < 1.29 is 67.6 Å². The van der Waals surface area contributed by atoms with Crippen LogP contribution in [0.5, 0.6) is 0 Å². The Morgan fingerprint density at radius 1 is 0.761 bits per heavy atom. The molecule has 2 bridgehead atoms. The predicted octanol–water partition coefficient (Wildman–Crippen LogP) is 8.95. The van der Waals surface area contributed by atoms with Crippen molar-refractivity contribution in [1.82, 2.24) is 29.6 Å². The minimum atomic E-state index is -6.17. The number of anilines is 3. The molecule has 4 aliphatic carbocycles. The molecule has 3 saturated heterocycles. The Kier molecular flexibility index (Phi) is 19.2. The van der Waals surface area contributed by atoms with Crippen molar-refractivity contribution in [1.29, 1.82) is 0 Å². The second kappa shape index (κ2) is 26.5. The summed E-state index contributed by atoms with van der Waals surface area (Å²) < 4.78 is 127. The highest BCUT2D eigenvalue weighted by Gasteiger charge is 2.73. The quantitative estimate of drug-likeness (QED) is 0.0168. The maximum Gasteiger partial charge on any atom is 0.501 e. The molecule has 12 rings (SSSR count). The van der Waals surface area contributed by atoms with Crippen molar-refractivity contribution in [3.05, 3.63) is 119 Å². The SMILES string of the molecule is CC1(C)CCC(CN2CCN(c3ccc(C(=O)NS(=O)(=O)c4ccc(N[C@H](CCN5CCN(CCCCC(=O)Nc6cccc7c6C(=O)N(C6CCC(=O)NC6=O)C7=O)CC5)CSc5ccccc5)c(S(=O)(=O)C(F)(F)F)c4)cc3)CC2)=C(C23CC(C(F)F)(C2)C3)C1. The number of amides is 6. The summed E-state index contributed by atoms with van der Waals surface area (Å²) >= 11 is 1.40. The lowest BCUT2D eigenvalue weighted by molar-refractivity contribution is -0.250. The third-order valence-corrected chi connectivity index (χ3v) is 23.4. The molecule has 4 aromatic rings. The maximum absolute atomic E-state index is 14.5. The van der Waals surface area contributed by atoms with Crippen LogP contribution in [0, 0.1) is 16.2 Å². The molecule has 27 heteroatoms. The zero-order valence-electron chi connectivity index (χ0n) is 51.3. The van der Waals surface area contributed by atoms with Gasteiger partial charge in [0.1, 0.15) is 10.9 Å². The van der Waals surface area contributed by atoms with E-state index in [1.807, 2.05) is 35.1 Å². The number of carbonyl (C=O) groups excluding carboxylic acids is 6. The fourth-order valence-electron chi connectivity index (χ4n) is 14.3. The van der Waals surface area contributed by atoms with E-state index in [4.69, 9.17) is 0 Å². The van der Waals surface area contributed by atoms with E-state index < -0.39 is 94.3 Å². The van der Waals surface area contributed by atoms with E-state index in [1.54, 1.807) is 12.1 Å². The number of nitrogens with one attached hydrogen (secondary N) is 4. The first-order chi connectivity index (χ1) is 43.6. The number of benzene rings is 4. The average molecular weight is 1330 g/mol. The van der Waals surface area contributed by atoms with Gasteiger partial charge in [0.25, 0.3) is 37.6 Å². The van der Waals surface area contributed by atoms with Crippen LogP contribution in [0.2, 0.25) is 0 Å². The summed E-state index contributed by atoms with van der Waals surface area (Å²) in [6, 6.07) is 20.5. The van der Waals surface area contributed by atoms with Crippen molar-refractivity contribution in [2.75, 3.05) is 93.3 Å². The molecule has 494 valence electrons. The van der Waals surface area contributed by atoms with Gasteiger partial charge in [0, 0.05) is 112 Å². The first-order valence-corrected chi connectivity index (χ1v) is 35.2. The molecule has 0 radical (unpaired) electrons. The molecule has 0 spiro atoms. The summed E-state index contributed by atoms with van der Waals surface area (Å²) in [6.07, 6.45) is 4.00.